The zero-order chi connectivity index (χ0) is 21.3. The summed E-state index contributed by atoms with van der Waals surface area (Å²) in [5.41, 5.74) is 5.70. The number of pyridine rings is 1. The van der Waals surface area contributed by atoms with E-state index in [-0.39, 0.29) is 18.5 Å². The smallest absolute Gasteiger partial charge is 0.242 e. The van der Waals surface area contributed by atoms with Crippen molar-refractivity contribution >= 4 is 16.9 Å². The number of nitrogens with one attached hydrogen (secondary N) is 1. The van der Waals surface area contributed by atoms with Gasteiger partial charge in [0.05, 0.1) is 17.4 Å². The van der Waals surface area contributed by atoms with Gasteiger partial charge in [-0.2, -0.15) is 10.2 Å². The highest BCUT2D eigenvalue weighted by atomic mass is 16.2. The average Bonchev–Trinajstić information content (AvgIpc) is 3.28. The maximum Gasteiger partial charge on any atom is 0.242 e. The van der Waals surface area contributed by atoms with Gasteiger partial charge in [-0.15, -0.1) is 0 Å². The Balaban J connectivity index is 1.58. The van der Waals surface area contributed by atoms with E-state index in [1.54, 1.807) is 10.9 Å². The number of fused-ring (bicyclic) bond motifs is 1. The van der Waals surface area contributed by atoms with Gasteiger partial charge in [0.15, 0.2) is 5.65 Å². The van der Waals surface area contributed by atoms with Crippen LogP contribution in [-0.2, 0) is 17.9 Å². The Bertz CT molecular complexity index is 1190. The lowest BCUT2D eigenvalue weighted by Crippen LogP contribution is -2.30. The van der Waals surface area contributed by atoms with E-state index >= 15 is 0 Å². The zero-order valence-corrected chi connectivity index (χ0v) is 17.8. The molecule has 7 nitrogen and oxygen atoms in total. The van der Waals surface area contributed by atoms with E-state index in [0.29, 0.717) is 5.65 Å². The lowest BCUT2D eigenvalue weighted by atomic mass is 10.0. The first kappa shape index (κ1) is 19.8. The molecule has 0 saturated heterocycles. The molecule has 154 valence electrons. The Hall–Kier alpha value is -3.48. The van der Waals surface area contributed by atoms with Crippen LogP contribution in [0, 0.1) is 13.8 Å². The number of aryl methyl sites for hydroxylation is 3. The van der Waals surface area contributed by atoms with Gasteiger partial charge in [0, 0.05) is 29.9 Å². The second-order valence-corrected chi connectivity index (χ2v) is 7.48. The summed E-state index contributed by atoms with van der Waals surface area (Å²) in [7, 11) is 0. The summed E-state index contributed by atoms with van der Waals surface area (Å²) in [5.74, 6) is -0.109. The van der Waals surface area contributed by atoms with Crippen molar-refractivity contribution in [3.63, 3.8) is 0 Å². The number of carbonyl (C=O) groups is 1. The fraction of sp³-hybridized carbons (Fsp3) is 0.304. The van der Waals surface area contributed by atoms with Crippen molar-refractivity contribution in [2.24, 2.45) is 0 Å². The molecule has 0 aliphatic heterocycles. The van der Waals surface area contributed by atoms with Gasteiger partial charge in [0.2, 0.25) is 5.91 Å². The molecule has 3 heterocycles. The Morgan fingerprint density at radius 2 is 1.87 bits per heavy atom. The number of rotatable bonds is 6. The summed E-state index contributed by atoms with van der Waals surface area (Å²) in [6.45, 7) is 8.84. The van der Waals surface area contributed by atoms with Crippen LogP contribution < -0.4 is 5.32 Å². The first-order valence-corrected chi connectivity index (χ1v) is 10.2. The Labute approximate surface area is 175 Å². The molecule has 0 saturated carbocycles. The van der Waals surface area contributed by atoms with Gasteiger partial charge in [0.25, 0.3) is 0 Å². The maximum absolute atomic E-state index is 12.8. The van der Waals surface area contributed by atoms with E-state index < -0.39 is 0 Å². The lowest BCUT2D eigenvalue weighted by Gasteiger charge is -2.13. The molecule has 1 N–H and O–H groups in total. The van der Waals surface area contributed by atoms with Crippen molar-refractivity contribution in [1.82, 2.24) is 29.9 Å². The topological polar surface area (TPSA) is 77.6 Å². The molecular weight excluding hydrogens is 376 g/mol. The highest BCUT2D eigenvalue weighted by molar-refractivity contribution is 5.95. The quantitative estimate of drug-likeness (QED) is 0.532. The molecule has 4 aromatic rings. The van der Waals surface area contributed by atoms with E-state index in [4.69, 9.17) is 0 Å². The SMILES string of the molecule is CCn1cc(C(C)NC(=O)Cn2nc(C)c3c(-c4ccccc4)ccnc32)c(C)n1. The van der Waals surface area contributed by atoms with Crippen LogP contribution in [0.3, 0.4) is 0 Å². The summed E-state index contributed by atoms with van der Waals surface area (Å²) in [5, 5.41) is 13.1. The molecule has 0 spiro atoms. The van der Waals surface area contributed by atoms with Gasteiger partial charge < -0.3 is 5.32 Å². The molecule has 0 fully saturated rings. The summed E-state index contributed by atoms with van der Waals surface area (Å²) in [4.78, 5) is 17.3. The highest BCUT2D eigenvalue weighted by Gasteiger charge is 2.18. The van der Waals surface area contributed by atoms with Gasteiger partial charge in [-0.3, -0.25) is 9.48 Å². The second-order valence-electron chi connectivity index (χ2n) is 7.48. The van der Waals surface area contributed by atoms with Crippen molar-refractivity contribution in [3.8, 4) is 11.1 Å². The number of aromatic nitrogens is 5. The molecule has 1 unspecified atom stereocenters. The fourth-order valence-corrected chi connectivity index (χ4v) is 3.87. The van der Waals surface area contributed by atoms with Crippen LogP contribution in [0.15, 0.2) is 48.8 Å². The Kier molecular flexibility index (Phi) is 5.35. The molecule has 3 aromatic heterocycles. The third-order valence-electron chi connectivity index (χ3n) is 5.34. The first-order chi connectivity index (χ1) is 14.5. The predicted octanol–water partition coefficient (Wildman–Crippen LogP) is 3.81. The van der Waals surface area contributed by atoms with Gasteiger partial charge >= 0.3 is 0 Å². The molecule has 0 aliphatic rings. The summed E-state index contributed by atoms with van der Waals surface area (Å²) < 4.78 is 3.56. The highest BCUT2D eigenvalue weighted by Crippen LogP contribution is 2.29. The third kappa shape index (κ3) is 3.70. The van der Waals surface area contributed by atoms with Crippen LogP contribution in [-0.4, -0.2) is 30.5 Å². The number of hydrogen-bond donors (Lipinski definition) is 1. The predicted molar refractivity (Wildman–Crippen MR) is 117 cm³/mol. The standard InChI is InChI=1S/C23H26N6O/c1-5-28-13-20(16(3)26-28)15(2)25-21(30)14-29-23-22(17(4)27-29)19(11-12-24-23)18-9-7-6-8-10-18/h6-13,15H,5,14H2,1-4H3,(H,25,30). The monoisotopic (exact) mass is 402 g/mol. The molecule has 0 radical (unpaired) electrons. The zero-order valence-electron chi connectivity index (χ0n) is 17.8. The van der Waals surface area contributed by atoms with Crippen molar-refractivity contribution in [2.45, 2.75) is 46.8 Å². The number of nitrogens with zero attached hydrogens (tertiary/aromatic N) is 5. The van der Waals surface area contributed by atoms with Crippen molar-refractivity contribution in [3.05, 3.63) is 65.7 Å². The molecule has 0 bridgehead atoms. The average molecular weight is 403 g/mol. The Morgan fingerprint density at radius 3 is 2.57 bits per heavy atom. The molecule has 4 rings (SSSR count). The second kappa shape index (κ2) is 8.10. The lowest BCUT2D eigenvalue weighted by molar-refractivity contribution is -0.122. The molecule has 1 aromatic carbocycles. The van der Waals surface area contributed by atoms with Crippen LogP contribution in [0.25, 0.3) is 22.2 Å². The molecular formula is C23H26N6O. The summed E-state index contributed by atoms with van der Waals surface area (Å²) in [6.07, 6.45) is 3.76. The van der Waals surface area contributed by atoms with Gasteiger partial charge in [-0.1, -0.05) is 30.3 Å². The Morgan fingerprint density at radius 1 is 1.10 bits per heavy atom. The number of benzene rings is 1. The van der Waals surface area contributed by atoms with Crippen molar-refractivity contribution < 1.29 is 4.79 Å². The van der Waals surface area contributed by atoms with Gasteiger partial charge in [0.1, 0.15) is 6.54 Å². The number of amides is 1. The minimum atomic E-state index is -0.131. The van der Waals surface area contributed by atoms with Crippen LogP contribution in [0.5, 0.6) is 0 Å². The normalized spacial score (nSPS) is 12.3. The van der Waals surface area contributed by atoms with Crippen molar-refractivity contribution in [2.75, 3.05) is 0 Å². The molecule has 1 amide bonds. The molecule has 7 heteroatoms. The molecule has 1 atom stereocenters. The van der Waals surface area contributed by atoms with E-state index in [0.717, 1.165) is 40.0 Å². The van der Waals surface area contributed by atoms with E-state index in [1.165, 1.54) is 0 Å². The molecule has 0 aliphatic carbocycles. The fourth-order valence-electron chi connectivity index (χ4n) is 3.87. The van der Waals surface area contributed by atoms with Crippen LogP contribution in [0.2, 0.25) is 0 Å². The maximum atomic E-state index is 12.8. The minimum absolute atomic E-state index is 0.109. The van der Waals surface area contributed by atoms with Crippen LogP contribution in [0.1, 0.15) is 36.8 Å². The van der Waals surface area contributed by atoms with Crippen LogP contribution >= 0.6 is 0 Å². The summed E-state index contributed by atoms with van der Waals surface area (Å²) in [6, 6.07) is 12.0. The molecule has 30 heavy (non-hydrogen) atoms. The third-order valence-corrected chi connectivity index (χ3v) is 5.34. The number of carbonyl (C=O) groups excluding carboxylic acids is 1. The van der Waals surface area contributed by atoms with E-state index in [9.17, 15) is 4.79 Å². The largest absolute Gasteiger partial charge is 0.348 e. The van der Waals surface area contributed by atoms with Gasteiger partial charge in [-0.05, 0) is 44.9 Å². The summed E-state index contributed by atoms with van der Waals surface area (Å²) >= 11 is 0. The van der Waals surface area contributed by atoms with Crippen LogP contribution in [0.4, 0.5) is 0 Å². The number of hydrogen-bond acceptors (Lipinski definition) is 4. The van der Waals surface area contributed by atoms with E-state index in [1.807, 2.05) is 62.8 Å². The first-order valence-electron chi connectivity index (χ1n) is 10.2. The van der Waals surface area contributed by atoms with Gasteiger partial charge in [-0.25, -0.2) is 9.67 Å². The van der Waals surface area contributed by atoms with Crippen molar-refractivity contribution in [1.29, 1.82) is 0 Å². The minimum Gasteiger partial charge on any atom is -0.348 e. The van der Waals surface area contributed by atoms with E-state index in [2.05, 4.69) is 32.6 Å².